The highest BCUT2D eigenvalue weighted by Gasteiger charge is 2.29. The van der Waals surface area contributed by atoms with Crippen LogP contribution in [0.3, 0.4) is 0 Å². The minimum absolute atomic E-state index is 0.115. The molecule has 0 rings (SSSR count). The Labute approximate surface area is 74.7 Å². The first kappa shape index (κ1) is 11.4. The molecule has 0 aliphatic heterocycles. The zero-order valence-corrected chi connectivity index (χ0v) is 8.64. The lowest BCUT2D eigenvalue weighted by atomic mass is 9.86. The molecule has 0 aromatic carbocycles. The largest absolute Gasteiger partial charge is 0.368 e. The predicted molar refractivity (Wildman–Crippen MR) is 50.7 cm³/mol. The van der Waals surface area contributed by atoms with Crippen molar-refractivity contribution >= 4 is 5.91 Å². The number of amides is 1. The van der Waals surface area contributed by atoms with Gasteiger partial charge in [-0.2, -0.15) is 0 Å². The van der Waals surface area contributed by atoms with Crippen LogP contribution in [0, 0.1) is 5.41 Å². The lowest BCUT2D eigenvalue weighted by Gasteiger charge is -2.30. The van der Waals surface area contributed by atoms with Crippen LogP contribution in [0.4, 0.5) is 0 Å². The summed E-state index contributed by atoms with van der Waals surface area (Å²) in [6, 6.07) is 0.0271. The van der Waals surface area contributed by atoms with Crippen molar-refractivity contribution in [3.05, 3.63) is 0 Å². The number of nitrogens with two attached hydrogens (primary N) is 1. The van der Waals surface area contributed by atoms with Crippen molar-refractivity contribution < 1.29 is 4.79 Å². The molecule has 0 fully saturated rings. The average molecular weight is 172 g/mol. The number of rotatable bonds is 3. The Kier molecular flexibility index (Phi) is 3.71. The third-order valence-electron chi connectivity index (χ3n) is 1.65. The second-order valence-electron chi connectivity index (χ2n) is 4.52. The standard InChI is InChI=1S/C9H20N2O/c1-6(2)11-7(8(10)12)9(3,4)5/h6-7,11H,1-5H3,(H2,10,12)/t7-/m1/s1. The molecule has 0 aromatic heterocycles. The molecule has 0 saturated carbocycles. The van der Waals surface area contributed by atoms with E-state index in [4.69, 9.17) is 5.73 Å². The molecule has 0 unspecified atom stereocenters. The van der Waals surface area contributed by atoms with Crippen molar-refractivity contribution in [1.82, 2.24) is 5.32 Å². The Balaban J connectivity index is 4.35. The minimum Gasteiger partial charge on any atom is -0.368 e. The van der Waals surface area contributed by atoms with E-state index in [2.05, 4.69) is 5.32 Å². The summed E-state index contributed by atoms with van der Waals surface area (Å²) in [6.07, 6.45) is 0. The molecule has 0 bridgehead atoms. The van der Waals surface area contributed by atoms with Crippen LogP contribution in [0.1, 0.15) is 34.6 Å². The maximum atomic E-state index is 11.0. The Morgan fingerprint density at radius 1 is 1.33 bits per heavy atom. The molecular weight excluding hydrogens is 152 g/mol. The van der Waals surface area contributed by atoms with Gasteiger partial charge in [0, 0.05) is 6.04 Å². The molecule has 0 saturated heterocycles. The van der Waals surface area contributed by atoms with Crippen LogP contribution >= 0.6 is 0 Å². The predicted octanol–water partition coefficient (Wildman–Crippen LogP) is 0.884. The summed E-state index contributed by atoms with van der Waals surface area (Å²) in [5.74, 6) is -0.281. The highest BCUT2D eigenvalue weighted by molar-refractivity contribution is 5.80. The van der Waals surface area contributed by atoms with E-state index in [0.717, 1.165) is 0 Å². The molecule has 0 spiro atoms. The second kappa shape index (κ2) is 3.90. The molecule has 3 N–H and O–H groups in total. The molecule has 3 nitrogen and oxygen atoms in total. The summed E-state index contributed by atoms with van der Waals surface area (Å²) < 4.78 is 0. The number of nitrogens with one attached hydrogen (secondary N) is 1. The van der Waals surface area contributed by atoms with Gasteiger partial charge in [-0.3, -0.25) is 4.79 Å². The molecule has 0 aliphatic carbocycles. The summed E-state index contributed by atoms with van der Waals surface area (Å²) >= 11 is 0. The highest BCUT2D eigenvalue weighted by Crippen LogP contribution is 2.19. The fourth-order valence-electron chi connectivity index (χ4n) is 1.09. The van der Waals surface area contributed by atoms with Gasteiger partial charge in [0.15, 0.2) is 0 Å². The first-order valence-corrected chi connectivity index (χ1v) is 4.30. The van der Waals surface area contributed by atoms with Crippen LogP contribution in [-0.4, -0.2) is 18.0 Å². The smallest absolute Gasteiger partial charge is 0.235 e. The molecule has 0 heterocycles. The Morgan fingerprint density at radius 3 is 1.83 bits per heavy atom. The maximum absolute atomic E-state index is 11.0. The molecule has 0 aromatic rings. The summed E-state index contributed by atoms with van der Waals surface area (Å²) in [5.41, 5.74) is 5.15. The van der Waals surface area contributed by atoms with E-state index in [9.17, 15) is 4.79 Å². The summed E-state index contributed by atoms with van der Waals surface area (Å²) in [7, 11) is 0. The van der Waals surface area contributed by atoms with Crippen molar-refractivity contribution in [2.45, 2.75) is 46.7 Å². The zero-order valence-electron chi connectivity index (χ0n) is 8.64. The number of hydrogen-bond acceptors (Lipinski definition) is 2. The van der Waals surface area contributed by atoms with Crippen LogP contribution in [0.5, 0.6) is 0 Å². The first-order chi connectivity index (χ1) is 5.25. The van der Waals surface area contributed by atoms with Gasteiger partial charge in [-0.15, -0.1) is 0 Å². The molecule has 12 heavy (non-hydrogen) atoms. The zero-order chi connectivity index (χ0) is 9.94. The van der Waals surface area contributed by atoms with Gasteiger partial charge < -0.3 is 11.1 Å². The first-order valence-electron chi connectivity index (χ1n) is 4.30. The molecule has 0 aliphatic rings. The summed E-state index contributed by atoms with van der Waals surface area (Å²) in [6.45, 7) is 10.00. The van der Waals surface area contributed by atoms with Gasteiger partial charge >= 0.3 is 0 Å². The van der Waals surface area contributed by atoms with Crippen molar-refractivity contribution in [1.29, 1.82) is 0 Å². The quantitative estimate of drug-likeness (QED) is 0.664. The van der Waals surface area contributed by atoms with Crippen molar-refractivity contribution in [3.63, 3.8) is 0 Å². The number of carbonyl (C=O) groups excluding carboxylic acids is 1. The van der Waals surface area contributed by atoms with E-state index in [1.165, 1.54) is 0 Å². The van der Waals surface area contributed by atoms with Crippen molar-refractivity contribution in [3.8, 4) is 0 Å². The lowest BCUT2D eigenvalue weighted by Crippen LogP contribution is -2.52. The normalized spacial score (nSPS) is 14.8. The van der Waals surface area contributed by atoms with Crippen LogP contribution < -0.4 is 11.1 Å². The van der Waals surface area contributed by atoms with Crippen molar-refractivity contribution in [2.24, 2.45) is 11.1 Å². The molecule has 1 atom stereocenters. The second-order valence-corrected chi connectivity index (χ2v) is 4.52. The van der Waals surface area contributed by atoms with Gasteiger partial charge in [-0.1, -0.05) is 34.6 Å². The molecular formula is C9H20N2O. The van der Waals surface area contributed by atoms with E-state index in [1.807, 2.05) is 34.6 Å². The van der Waals surface area contributed by atoms with Gasteiger partial charge in [0.2, 0.25) is 5.91 Å². The number of carbonyl (C=O) groups is 1. The number of primary amides is 1. The van der Waals surface area contributed by atoms with E-state index in [1.54, 1.807) is 0 Å². The van der Waals surface area contributed by atoms with E-state index >= 15 is 0 Å². The van der Waals surface area contributed by atoms with Crippen LogP contribution in [0.15, 0.2) is 0 Å². The van der Waals surface area contributed by atoms with E-state index in [0.29, 0.717) is 0 Å². The van der Waals surface area contributed by atoms with Gasteiger partial charge in [-0.25, -0.2) is 0 Å². The third kappa shape index (κ3) is 3.72. The molecule has 72 valence electrons. The summed E-state index contributed by atoms with van der Waals surface area (Å²) in [4.78, 5) is 11.0. The SMILES string of the molecule is CC(C)N[C@H](C(N)=O)C(C)(C)C. The fraction of sp³-hybridized carbons (Fsp3) is 0.889. The van der Waals surface area contributed by atoms with Gasteiger partial charge in [-0.05, 0) is 5.41 Å². The number of hydrogen-bond donors (Lipinski definition) is 2. The Bertz CT molecular complexity index is 158. The minimum atomic E-state index is -0.281. The Morgan fingerprint density at radius 2 is 1.75 bits per heavy atom. The molecule has 0 radical (unpaired) electrons. The molecule has 3 heteroatoms. The third-order valence-corrected chi connectivity index (χ3v) is 1.65. The highest BCUT2D eigenvalue weighted by atomic mass is 16.1. The van der Waals surface area contributed by atoms with Gasteiger partial charge in [0.25, 0.3) is 0 Å². The average Bonchev–Trinajstić information content (AvgIpc) is 1.79. The lowest BCUT2D eigenvalue weighted by molar-refractivity contribution is -0.122. The van der Waals surface area contributed by atoms with Crippen LogP contribution in [-0.2, 0) is 4.79 Å². The van der Waals surface area contributed by atoms with Crippen LogP contribution in [0.25, 0.3) is 0 Å². The monoisotopic (exact) mass is 172 g/mol. The summed E-state index contributed by atoms with van der Waals surface area (Å²) in [5, 5.41) is 3.14. The van der Waals surface area contributed by atoms with Gasteiger partial charge in [0.05, 0.1) is 6.04 Å². The topological polar surface area (TPSA) is 55.1 Å². The van der Waals surface area contributed by atoms with E-state index in [-0.39, 0.29) is 23.4 Å². The van der Waals surface area contributed by atoms with Gasteiger partial charge in [0.1, 0.15) is 0 Å². The maximum Gasteiger partial charge on any atom is 0.235 e. The van der Waals surface area contributed by atoms with Crippen molar-refractivity contribution in [2.75, 3.05) is 0 Å². The van der Waals surface area contributed by atoms with Crippen LogP contribution in [0.2, 0.25) is 0 Å². The fourth-order valence-corrected chi connectivity index (χ4v) is 1.09. The van der Waals surface area contributed by atoms with E-state index < -0.39 is 0 Å². The molecule has 1 amide bonds. The Hall–Kier alpha value is -0.570.